The van der Waals surface area contributed by atoms with Gasteiger partial charge in [-0.3, -0.25) is 14.9 Å². The lowest BCUT2D eigenvalue weighted by Crippen LogP contribution is -2.36. The van der Waals surface area contributed by atoms with Crippen LogP contribution in [-0.4, -0.2) is 50.4 Å². The predicted molar refractivity (Wildman–Crippen MR) is 119 cm³/mol. The lowest BCUT2D eigenvalue weighted by Gasteiger charge is -2.30. The smallest absolute Gasteiger partial charge is 0.276 e. The largest absolute Gasteiger partial charge is 0.393 e. The molecule has 3 aromatic heterocycles. The third kappa shape index (κ3) is 3.97. The fourth-order valence-electron chi connectivity index (χ4n) is 3.83. The van der Waals surface area contributed by atoms with Crippen LogP contribution in [0.3, 0.4) is 0 Å². The molecule has 1 amide bonds. The number of nitrogens with zero attached hydrogens (tertiary/aromatic N) is 4. The maximum Gasteiger partial charge on any atom is 0.276 e. The molecular weight excluding hydrogens is 392 g/mol. The number of carbonyl (C=O) groups excluding carboxylic acids is 1. The van der Waals surface area contributed by atoms with Crippen LogP contribution in [0.2, 0.25) is 0 Å². The van der Waals surface area contributed by atoms with E-state index in [1.807, 2.05) is 42.5 Å². The summed E-state index contributed by atoms with van der Waals surface area (Å²) >= 11 is 0. The fourth-order valence-corrected chi connectivity index (χ4v) is 3.83. The van der Waals surface area contributed by atoms with Gasteiger partial charge in [-0.05, 0) is 48.7 Å². The Labute approximate surface area is 179 Å². The summed E-state index contributed by atoms with van der Waals surface area (Å²) in [6.07, 6.45) is 6.43. The van der Waals surface area contributed by atoms with Crippen LogP contribution in [0.15, 0.2) is 61.1 Å². The molecule has 4 heterocycles. The molecule has 156 valence electrons. The van der Waals surface area contributed by atoms with E-state index >= 15 is 0 Å². The summed E-state index contributed by atoms with van der Waals surface area (Å²) in [7, 11) is 0. The Morgan fingerprint density at radius 3 is 2.71 bits per heavy atom. The zero-order valence-corrected chi connectivity index (χ0v) is 16.8. The minimum absolute atomic E-state index is 0.225. The van der Waals surface area contributed by atoms with E-state index in [9.17, 15) is 9.90 Å². The zero-order valence-electron chi connectivity index (χ0n) is 16.8. The number of anilines is 2. The average Bonchev–Trinajstić information content (AvgIpc) is 3.24. The van der Waals surface area contributed by atoms with Crippen molar-refractivity contribution in [1.29, 1.82) is 0 Å². The van der Waals surface area contributed by atoms with Crippen LogP contribution in [0.1, 0.15) is 23.3 Å². The van der Waals surface area contributed by atoms with Gasteiger partial charge in [-0.2, -0.15) is 5.10 Å². The van der Waals surface area contributed by atoms with E-state index in [2.05, 4.69) is 30.4 Å². The highest BCUT2D eigenvalue weighted by atomic mass is 16.3. The van der Waals surface area contributed by atoms with E-state index in [0.717, 1.165) is 53.8 Å². The van der Waals surface area contributed by atoms with Gasteiger partial charge in [-0.15, -0.1) is 0 Å². The number of rotatable bonds is 4. The van der Waals surface area contributed by atoms with Gasteiger partial charge < -0.3 is 15.3 Å². The van der Waals surface area contributed by atoms with Crippen LogP contribution >= 0.6 is 0 Å². The van der Waals surface area contributed by atoms with Crippen LogP contribution in [0.5, 0.6) is 0 Å². The lowest BCUT2D eigenvalue weighted by atomic mass is 10.0. The molecule has 3 N–H and O–H groups in total. The second kappa shape index (κ2) is 8.16. The minimum atomic E-state index is -0.301. The molecule has 0 saturated carbocycles. The van der Waals surface area contributed by atoms with Gasteiger partial charge in [0.2, 0.25) is 0 Å². The van der Waals surface area contributed by atoms with Crippen LogP contribution < -0.4 is 10.2 Å². The molecule has 0 spiro atoms. The average molecular weight is 414 g/mol. The first-order valence-electron chi connectivity index (χ1n) is 10.3. The fraction of sp³-hybridized carbons (Fsp3) is 0.217. The quantitative estimate of drug-likeness (QED) is 0.473. The van der Waals surface area contributed by atoms with Crippen LogP contribution in [0.4, 0.5) is 11.5 Å². The molecule has 4 aromatic rings. The summed E-state index contributed by atoms with van der Waals surface area (Å²) in [5, 5.41) is 20.4. The molecule has 8 heteroatoms. The summed E-state index contributed by atoms with van der Waals surface area (Å²) < 4.78 is 0. The van der Waals surface area contributed by atoms with Crippen molar-refractivity contribution in [2.45, 2.75) is 18.9 Å². The first-order valence-corrected chi connectivity index (χ1v) is 10.3. The number of H-pyrrole nitrogens is 1. The molecule has 1 aliphatic heterocycles. The van der Waals surface area contributed by atoms with Gasteiger partial charge in [0, 0.05) is 36.4 Å². The predicted octanol–water partition coefficient (Wildman–Crippen LogP) is 3.23. The number of nitrogens with one attached hydrogen (secondary N) is 2. The number of amides is 1. The Balaban J connectivity index is 1.34. The Hall–Kier alpha value is -3.78. The SMILES string of the molecule is O=C(Nc1ccc(N2CCC(O)CC2)nc1)c1n[nH]c2ccc(-c3cccnc3)cc12. The van der Waals surface area contributed by atoms with E-state index < -0.39 is 0 Å². The summed E-state index contributed by atoms with van der Waals surface area (Å²) in [5.74, 6) is 0.543. The second-order valence-corrected chi connectivity index (χ2v) is 7.65. The normalized spacial score (nSPS) is 14.7. The van der Waals surface area contributed by atoms with Gasteiger partial charge in [-0.1, -0.05) is 12.1 Å². The van der Waals surface area contributed by atoms with Crippen molar-refractivity contribution < 1.29 is 9.90 Å². The maximum atomic E-state index is 12.9. The van der Waals surface area contributed by atoms with E-state index in [1.165, 1.54) is 0 Å². The number of aliphatic hydroxyl groups excluding tert-OH is 1. The Kier molecular flexibility index (Phi) is 5.05. The van der Waals surface area contributed by atoms with Crippen molar-refractivity contribution >= 4 is 28.3 Å². The van der Waals surface area contributed by atoms with Crippen molar-refractivity contribution in [1.82, 2.24) is 20.2 Å². The lowest BCUT2D eigenvalue weighted by molar-refractivity contribution is 0.102. The van der Waals surface area contributed by atoms with E-state index in [1.54, 1.807) is 18.6 Å². The van der Waals surface area contributed by atoms with E-state index in [4.69, 9.17) is 0 Å². The monoisotopic (exact) mass is 414 g/mol. The van der Waals surface area contributed by atoms with Crippen molar-refractivity contribution in [2.75, 3.05) is 23.3 Å². The first kappa shape index (κ1) is 19.2. The molecule has 1 aliphatic rings. The van der Waals surface area contributed by atoms with Crippen molar-refractivity contribution in [2.24, 2.45) is 0 Å². The molecule has 1 fully saturated rings. The highest BCUT2D eigenvalue weighted by Gasteiger charge is 2.19. The first-order chi connectivity index (χ1) is 15.2. The van der Waals surface area contributed by atoms with Gasteiger partial charge in [-0.25, -0.2) is 4.98 Å². The van der Waals surface area contributed by atoms with Crippen LogP contribution in [-0.2, 0) is 0 Å². The number of hydrogen-bond acceptors (Lipinski definition) is 6. The minimum Gasteiger partial charge on any atom is -0.393 e. The highest BCUT2D eigenvalue weighted by Crippen LogP contribution is 2.26. The summed E-state index contributed by atoms with van der Waals surface area (Å²) in [5.41, 5.74) is 3.66. The molecule has 1 aromatic carbocycles. The maximum absolute atomic E-state index is 12.9. The second-order valence-electron chi connectivity index (χ2n) is 7.65. The number of benzene rings is 1. The Morgan fingerprint density at radius 1 is 1.10 bits per heavy atom. The summed E-state index contributed by atoms with van der Waals surface area (Å²) in [6, 6.07) is 13.4. The molecule has 0 radical (unpaired) electrons. The van der Waals surface area contributed by atoms with Crippen molar-refractivity contribution in [3.63, 3.8) is 0 Å². The molecule has 5 rings (SSSR count). The number of aliphatic hydroxyl groups is 1. The van der Waals surface area contributed by atoms with Crippen molar-refractivity contribution in [3.05, 3.63) is 66.7 Å². The third-order valence-electron chi connectivity index (χ3n) is 5.57. The topological polar surface area (TPSA) is 107 Å². The van der Waals surface area contributed by atoms with Gasteiger partial charge in [0.05, 0.1) is 23.5 Å². The molecule has 8 nitrogen and oxygen atoms in total. The molecule has 0 unspecified atom stereocenters. The molecule has 1 saturated heterocycles. The number of piperidine rings is 1. The summed E-state index contributed by atoms with van der Waals surface area (Å²) in [6.45, 7) is 1.55. The molecule has 31 heavy (non-hydrogen) atoms. The number of carbonyl (C=O) groups is 1. The van der Waals surface area contributed by atoms with Gasteiger partial charge >= 0.3 is 0 Å². The number of hydrogen-bond donors (Lipinski definition) is 3. The van der Waals surface area contributed by atoms with E-state index in [-0.39, 0.29) is 12.0 Å². The number of pyridine rings is 2. The van der Waals surface area contributed by atoms with Crippen LogP contribution in [0, 0.1) is 0 Å². The molecular formula is C23H22N6O2. The standard InChI is InChI=1S/C23H22N6O2/c30-18-7-10-29(11-8-18)21-6-4-17(14-25-21)26-23(31)22-19-12-15(3-5-20(19)27-28-22)16-2-1-9-24-13-16/h1-6,9,12-14,18,30H,7-8,10-11H2,(H,26,31)(H,27,28). The molecule has 0 atom stereocenters. The molecule has 0 bridgehead atoms. The highest BCUT2D eigenvalue weighted by molar-refractivity contribution is 6.11. The Morgan fingerprint density at radius 2 is 1.97 bits per heavy atom. The van der Waals surface area contributed by atoms with Crippen LogP contribution in [0.25, 0.3) is 22.0 Å². The van der Waals surface area contributed by atoms with Gasteiger partial charge in [0.1, 0.15) is 5.82 Å². The zero-order chi connectivity index (χ0) is 21.2. The molecule has 0 aliphatic carbocycles. The van der Waals surface area contributed by atoms with E-state index in [0.29, 0.717) is 11.4 Å². The van der Waals surface area contributed by atoms with Gasteiger partial charge in [0.15, 0.2) is 5.69 Å². The number of aromatic nitrogens is 4. The number of aromatic amines is 1. The summed E-state index contributed by atoms with van der Waals surface area (Å²) in [4.78, 5) is 23.7. The third-order valence-corrected chi connectivity index (χ3v) is 5.57. The number of fused-ring (bicyclic) bond motifs is 1. The van der Waals surface area contributed by atoms with Gasteiger partial charge in [0.25, 0.3) is 5.91 Å². The van der Waals surface area contributed by atoms with Crippen molar-refractivity contribution in [3.8, 4) is 11.1 Å². The Bertz CT molecular complexity index is 1200.